The van der Waals surface area contributed by atoms with E-state index >= 15 is 0 Å². The van der Waals surface area contributed by atoms with Crippen LogP contribution in [0.4, 0.5) is 13.2 Å². The third-order valence-corrected chi connectivity index (χ3v) is 3.34. The molecule has 3 rings (SSSR count). The van der Waals surface area contributed by atoms with E-state index in [2.05, 4.69) is 4.98 Å². The molecule has 1 aromatic heterocycles. The summed E-state index contributed by atoms with van der Waals surface area (Å²) in [5.74, 6) is 0.242. The molecule has 0 aliphatic heterocycles. The van der Waals surface area contributed by atoms with Crippen LogP contribution < -0.4 is 0 Å². The van der Waals surface area contributed by atoms with E-state index in [-0.39, 0.29) is 5.89 Å². The molecule has 23 heavy (non-hydrogen) atoms. The lowest BCUT2D eigenvalue weighted by atomic mass is 10.1. The Morgan fingerprint density at radius 2 is 1.65 bits per heavy atom. The van der Waals surface area contributed by atoms with E-state index in [4.69, 9.17) is 16.0 Å². The molecule has 0 spiro atoms. The van der Waals surface area contributed by atoms with Crippen LogP contribution in [0.2, 0.25) is 5.02 Å². The third kappa shape index (κ3) is 3.67. The van der Waals surface area contributed by atoms with Crippen molar-refractivity contribution >= 4 is 22.7 Å². The van der Waals surface area contributed by atoms with Crippen molar-refractivity contribution in [3.8, 4) is 11.5 Å². The molecule has 0 radical (unpaired) electrons. The largest absolute Gasteiger partial charge is 0.436 e. The number of benzene rings is 2. The van der Waals surface area contributed by atoms with Crippen LogP contribution >= 0.6 is 11.6 Å². The monoisotopic (exact) mass is 341 g/mol. The lowest BCUT2D eigenvalue weighted by molar-refractivity contribution is -0.137. The summed E-state index contributed by atoms with van der Waals surface area (Å²) in [6.07, 6.45) is -4.36. The van der Waals surface area contributed by atoms with Crippen molar-refractivity contribution in [2.45, 2.75) is 26.9 Å². The van der Waals surface area contributed by atoms with Gasteiger partial charge < -0.3 is 4.42 Å². The molecule has 1 heterocycles. The van der Waals surface area contributed by atoms with E-state index in [9.17, 15) is 13.2 Å². The first kappa shape index (κ1) is 17.3. The Balaban J connectivity index is 0.000000924. The van der Waals surface area contributed by atoms with Gasteiger partial charge in [0.05, 0.1) is 10.6 Å². The van der Waals surface area contributed by atoms with Crippen molar-refractivity contribution < 1.29 is 17.6 Å². The van der Waals surface area contributed by atoms with Crippen LogP contribution in [0, 0.1) is 6.92 Å². The molecule has 2 aromatic carbocycles. The molecule has 122 valence electrons. The Morgan fingerprint density at radius 3 is 2.22 bits per heavy atom. The second-order valence-electron chi connectivity index (χ2n) is 4.69. The van der Waals surface area contributed by atoms with Gasteiger partial charge in [0.15, 0.2) is 5.58 Å². The number of alkyl halides is 3. The molecular weight excluding hydrogens is 327 g/mol. The van der Waals surface area contributed by atoms with Crippen LogP contribution in [0.5, 0.6) is 0 Å². The molecule has 3 aromatic rings. The third-order valence-electron chi connectivity index (χ3n) is 3.05. The zero-order valence-corrected chi connectivity index (χ0v) is 13.6. The van der Waals surface area contributed by atoms with Gasteiger partial charge in [-0.2, -0.15) is 13.2 Å². The predicted molar refractivity (Wildman–Crippen MR) is 85.5 cm³/mol. The highest BCUT2D eigenvalue weighted by Crippen LogP contribution is 2.33. The van der Waals surface area contributed by atoms with Gasteiger partial charge in [0.25, 0.3) is 0 Å². The van der Waals surface area contributed by atoms with Gasteiger partial charge in [-0.25, -0.2) is 4.98 Å². The normalized spacial score (nSPS) is 11.3. The Morgan fingerprint density at radius 1 is 1.04 bits per heavy atom. The van der Waals surface area contributed by atoms with Gasteiger partial charge in [-0.15, -0.1) is 0 Å². The van der Waals surface area contributed by atoms with E-state index in [1.165, 1.54) is 12.1 Å². The van der Waals surface area contributed by atoms with E-state index in [1.54, 1.807) is 12.1 Å². The van der Waals surface area contributed by atoms with E-state index in [0.29, 0.717) is 21.7 Å². The number of hydrogen-bond donors (Lipinski definition) is 0. The fraction of sp³-hybridized carbons (Fsp3) is 0.235. The summed E-state index contributed by atoms with van der Waals surface area (Å²) >= 11 is 6.08. The van der Waals surface area contributed by atoms with Crippen LogP contribution in [0.1, 0.15) is 25.0 Å². The fourth-order valence-corrected chi connectivity index (χ4v) is 2.35. The minimum atomic E-state index is -4.36. The molecule has 6 heteroatoms. The Hall–Kier alpha value is -2.01. The molecule has 2 nitrogen and oxygen atoms in total. The summed E-state index contributed by atoms with van der Waals surface area (Å²) < 4.78 is 43.2. The maximum absolute atomic E-state index is 12.5. The van der Waals surface area contributed by atoms with Crippen molar-refractivity contribution in [1.29, 1.82) is 0 Å². The van der Waals surface area contributed by atoms with Crippen molar-refractivity contribution in [3.05, 3.63) is 52.5 Å². The molecule has 0 atom stereocenters. The van der Waals surface area contributed by atoms with Crippen molar-refractivity contribution in [2.24, 2.45) is 0 Å². The average molecular weight is 342 g/mol. The molecule has 0 unspecified atom stereocenters. The van der Waals surface area contributed by atoms with Gasteiger partial charge in [-0.05, 0) is 48.9 Å². The number of halogens is 4. The molecule has 0 bridgehead atoms. The van der Waals surface area contributed by atoms with E-state index in [1.807, 2.05) is 20.8 Å². The van der Waals surface area contributed by atoms with Crippen LogP contribution in [0.25, 0.3) is 22.6 Å². The van der Waals surface area contributed by atoms with Crippen molar-refractivity contribution in [1.82, 2.24) is 4.98 Å². The highest BCUT2D eigenvalue weighted by atomic mass is 35.5. The summed E-state index contributed by atoms with van der Waals surface area (Å²) in [4.78, 5) is 4.24. The topological polar surface area (TPSA) is 26.0 Å². The molecule has 0 saturated heterocycles. The second-order valence-corrected chi connectivity index (χ2v) is 5.09. The van der Waals surface area contributed by atoms with Gasteiger partial charge in [-0.1, -0.05) is 25.4 Å². The lowest BCUT2D eigenvalue weighted by Crippen LogP contribution is -2.03. The fourth-order valence-electron chi connectivity index (χ4n) is 2.04. The minimum Gasteiger partial charge on any atom is -0.436 e. The van der Waals surface area contributed by atoms with E-state index in [0.717, 1.165) is 17.7 Å². The van der Waals surface area contributed by atoms with E-state index < -0.39 is 11.7 Å². The molecule has 0 fully saturated rings. The lowest BCUT2D eigenvalue weighted by Gasteiger charge is -2.05. The average Bonchev–Trinajstić information content (AvgIpc) is 2.93. The molecule has 0 N–H and O–H groups in total. The van der Waals surface area contributed by atoms with Gasteiger partial charge in [0.2, 0.25) is 5.89 Å². The summed E-state index contributed by atoms with van der Waals surface area (Å²) in [5, 5.41) is 0.451. The summed E-state index contributed by atoms with van der Waals surface area (Å²) in [6.45, 7) is 5.87. The van der Waals surface area contributed by atoms with Crippen LogP contribution in [-0.4, -0.2) is 4.98 Å². The van der Waals surface area contributed by atoms with Crippen LogP contribution in [0.15, 0.2) is 40.8 Å². The first-order valence-electron chi connectivity index (χ1n) is 7.09. The van der Waals surface area contributed by atoms with Crippen LogP contribution in [-0.2, 0) is 6.18 Å². The molecule has 0 saturated carbocycles. The number of hydrogen-bond acceptors (Lipinski definition) is 2. The maximum atomic E-state index is 12.5. The van der Waals surface area contributed by atoms with Crippen LogP contribution in [0.3, 0.4) is 0 Å². The zero-order valence-electron chi connectivity index (χ0n) is 12.8. The quantitative estimate of drug-likeness (QED) is 0.504. The Bertz CT molecular complexity index is 807. The molecule has 0 amide bonds. The van der Waals surface area contributed by atoms with Gasteiger partial charge >= 0.3 is 6.18 Å². The number of aryl methyl sites for hydroxylation is 1. The minimum absolute atomic E-state index is 0.242. The summed E-state index contributed by atoms with van der Waals surface area (Å²) in [6, 6.07) is 8.18. The molecule has 0 aliphatic carbocycles. The number of aromatic nitrogens is 1. The first-order valence-corrected chi connectivity index (χ1v) is 7.47. The highest BCUT2D eigenvalue weighted by Gasteiger charge is 2.30. The standard InChI is InChI=1S/C15H9ClF3NO.C2H6/c1-8-6-11(16)13-12(7-8)21-14(20-13)9-2-4-10(5-3-9)15(17,18)19;1-2/h2-7H,1H3;1-2H3. The van der Waals surface area contributed by atoms with Gasteiger partial charge in [0, 0.05) is 5.56 Å². The second kappa shape index (κ2) is 6.62. The Labute approximate surface area is 136 Å². The predicted octanol–water partition coefficient (Wildman–Crippen LogP) is 6.50. The first-order chi connectivity index (χ1) is 10.8. The Kier molecular flexibility index (Phi) is 5.00. The SMILES string of the molecule is CC.Cc1cc(Cl)c2nc(-c3ccc(C(F)(F)F)cc3)oc2c1. The number of nitrogens with zero attached hydrogens (tertiary/aromatic N) is 1. The van der Waals surface area contributed by atoms with Crippen molar-refractivity contribution in [3.63, 3.8) is 0 Å². The number of oxazole rings is 1. The molecular formula is C17H15ClF3NO. The number of fused-ring (bicyclic) bond motifs is 1. The smallest absolute Gasteiger partial charge is 0.416 e. The summed E-state index contributed by atoms with van der Waals surface area (Å²) in [7, 11) is 0. The van der Waals surface area contributed by atoms with Gasteiger partial charge in [0.1, 0.15) is 5.52 Å². The molecule has 0 aliphatic rings. The number of rotatable bonds is 1. The van der Waals surface area contributed by atoms with Gasteiger partial charge in [-0.3, -0.25) is 0 Å². The highest BCUT2D eigenvalue weighted by molar-refractivity contribution is 6.35. The zero-order chi connectivity index (χ0) is 17.2. The summed E-state index contributed by atoms with van der Waals surface area (Å²) in [5.41, 5.74) is 1.68. The van der Waals surface area contributed by atoms with Crippen molar-refractivity contribution in [2.75, 3.05) is 0 Å². The maximum Gasteiger partial charge on any atom is 0.416 e.